The van der Waals surface area contributed by atoms with Crippen molar-refractivity contribution in [1.29, 1.82) is 0 Å². The fourth-order valence-corrected chi connectivity index (χ4v) is 1.47. The SMILES string of the molecule is COC(=O)c1nc2c(S)cccc2[nH]1. The van der Waals surface area contributed by atoms with Crippen LogP contribution >= 0.6 is 12.6 Å². The Kier molecular flexibility index (Phi) is 2.17. The van der Waals surface area contributed by atoms with Gasteiger partial charge in [0.05, 0.1) is 12.6 Å². The number of benzene rings is 1. The maximum absolute atomic E-state index is 11.2. The van der Waals surface area contributed by atoms with Gasteiger partial charge in [0.15, 0.2) is 0 Å². The third kappa shape index (κ3) is 1.35. The molecule has 0 amide bonds. The van der Waals surface area contributed by atoms with Gasteiger partial charge in [0.25, 0.3) is 0 Å². The Bertz CT molecular complexity index is 493. The van der Waals surface area contributed by atoms with Crippen LogP contribution in [0.3, 0.4) is 0 Å². The summed E-state index contributed by atoms with van der Waals surface area (Å²) in [7, 11) is 1.32. The van der Waals surface area contributed by atoms with E-state index in [9.17, 15) is 4.79 Å². The van der Waals surface area contributed by atoms with Crippen LogP contribution in [0.2, 0.25) is 0 Å². The normalized spacial score (nSPS) is 10.4. The molecule has 0 unspecified atom stereocenters. The van der Waals surface area contributed by atoms with Gasteiger partial charge in [0.2, 0.25) is 5.82 Å². The van der Waals surface area contributed by atoms with Crippen molar-refractivity contribution in [2.75, 3.05) is 7.11 Å². The number of aromatic amines is 1. The minimum absolute atomic E-state index is 0.198. The van der Waals surface area contributed by atoms with E-state index in [0.29, 0.717) is 5.52 Å². The maximum atomic E-state index is 11.2. The minimum atomic E-state index is -0.478. The molecule has 0 bridgehead atoms. The van der Waals surface area contributed by atoms with Gasteiger partial charge in [-0.2, -0.15) is 0 Å². The number of ether oxygens (including phenoxy) is 1. The summed E-state index contributed by atoms with van der Waals surface area (Å²) in [5.41, 5.74) is 1.45. The summed E-state index contributed by atoms with van der Waals surface area (Å²) < 4.78 is 4.55. The van der Waals surface area contributed by atoms with Gasteiger partial charge >= 0.3 is 5.97 Å². The van der Waals surface area contributed by atoms with E-state index in [4.69, 9.17) is 0 Å². The number of esters is 1. The lowest BCUT2D eigenvalue weighted by Crippen LogP contribution is -2.02. The Morgan fingerprint density at radius 2 is 2.36 bits per heavy atom. The van der Waals surface area contributed by atoms with Gasteiger partial charge in [-0.1, -0.05) is 6.07 Å². The molecule has 0 spiro atoms. The highest BCUT2D eigenvalue weighted by atomic mass is 32.1. The van der Waals surface area contributed by atoms with Gasteiger partial charge in [-0.25, -0.2) is 9.78 Å². The first-order valence-corrected chi connectivity index (χ1v) is 4.43. The number of thiol groups is 1. The van der Waals surface area contributed by atoms with Gasteiger partial charge in [0.1, 0.15) is 5.52 Å². The van der Waals surface area contributed by atoms with E-state index < -0.39 is 5.97 Å². The molecule has 1 aromatic carbocycles. The summed E-state index contributed by atoms with van der Waals surface area (Å²) in [6.07, 6.45) is 0. The second-order valence-electron chi connectivity index (χ2n) is 2.75. The number of hydrogen-bond acceptors (Lipinski definition) is 4. The van der Waals surface area contributed by atoms with Crippen LogP contribution in [0.15, 0.2) is 23.1 Å². The maximum Gasteiger partial charge on any atom is 0.374 e. The lowest BCUT2D eigenvalue weighted by atomic mass is 10.3. The van der Waals surface area contributed by atoms with Crippen molar-refractivity contribution in [3.8, 4) is 0 Å². The average Bonchev–Trinajstić information content (AvgIpc) is 2.62. The van der Waals surface area contributed by atoms with Gasteiger partial charge in [-0.15, -0.1) is 12.6 Å². The van der Waals surface area contributed by atoms with E-state index in [0.717, 1.165) is 10.4 Å². The van der Waals surface area contributed by atoms with Crippen molar-refractivity contribution < 1.29 is 9.53 Å². The summed E-state index contributed by atoms with van der Waals surface area (Å²) in [5, 5.41) is 0. The summed E-state index contributed by atoms with van der Waals surface area (Å²) in [6, 6.07) is 5.48. The monoisotopic (exact) mass is 208 g/mol. The quantitative estimate of drug-likeness (QED) is 0.553. The molecule has 0 saturated heterocycles. The van der Waals surface area contributed by atoms with E-state index in [1.165, 1.54) is 7.11 Å². The zero-order valence-electron chi connectivity index (χ0n) is 7.44. The van der Waals surface area contributed by atoms with Gasteiger partial charge in [-0.05, 0) is 12.1 Å². The molecule has 0 aliphatic carbocycles. The number of aromatic nitrogens is 2. The van der Waals surface area contributed by atoms with Gasteiger partial charge in [-0.3, -0.25) is 0 Å². The van der Waals surface area contributed by atoms with E-state index in [1.54, 1.807) is 0 Å². The molecule has 0 saturated carbocycles. The van der Waals surface area contributed by atoms with Crippen LogP contribution in [0.1, 0.15) is 10.6 Å². The molecule has 1 heterocycles. The zero-order valence-corrected chi connectivity index (χ0v) is 8.34. The number of carbonyl (C=O) groups excluding carboxylic acids is 1. The molecule has 1 aromatic heterocycles. The van der Waals surface area contributed by atoms with Crippen LogP contribution in [0, 0.1) is 0 Å². The van der Waals surface area contributed by atoms with Crippen LogP contribution in [-0.4, -0.2) is 23.0 Å². The van der Waals surface area contributed by atoms with Crippen LogP contribution in [-0.2, 0) is 4.74 Å². The minimum Gasteiger partial charge on any atom is -0.463 e. The lowest BCUT2D eigenvalue weighted by molar-refractivity contribution is 0.0588. The van der Waals surface area contributed by atoms with Gasteiger partial charge in [0, 0.05) is 4.90 Å². The number of fused-ring (bicyclic) bond motifs is 1. The number of imidazole rings is 1. The second kappa shape index (κ2) is 3.34. The number of methoxy groups -OCH3 is 1. The predicted octanol–water partition coefficient (Wildman–Crippen LogP) is 1.64. The summed E-state index contributed by atoms with van der Waals surface area (Å²) in [4.78, 5) is 18.8. The molecule has 5 heteroatoms. The number of nitrogens with zero attached hydrogens (tertiary/aromatic N) is 1. The predicted molar refractivity (Wildman–Crippen MR) is 54.7 cm³/mol. The molecule has 0 radical (unpaired) electrons. The van der Waals surface area contributed by atoms with Crippen molar-refractivity contribution in [2.45, 2.75) is 4.90 Å². The molecule has 4 nitrogen and oxygen atoms in total. The van der Waals surface area contributed by atoms with Crippen LogP contribution in [0.25, 0.3) is 11.0 Å². The summed E-state index contributed by atoms with van der Waals surface area (Å²) in [5.74, 6) is -0.280. The zero-order chi connectivity index (χ0) is 10.1. The van der Waals surface area contributed by atoms with Gasteiger partial charge < -0.3 is 9.72 Å². The van der Waals surface area contributed by atoms with Crippen LogP contribution in [0.4, 0.5) is 0 Å². The first-order chi connectivity index (χ1) is 6.72. The number of nitrogens with one attached hydrogen (secondary N) is 1. The molecule has 2 aromatic rings. The number of carbonyl (C=O) groups is 1. The molecule has 0 aliphatic rings. The summed E-state index contributed by atoms with van der Waals surface area (Å²) >= 11 is 4.23. The Balaban J connectivity index is 2.62. The fraction of sp³-hybridized carbons (Fsp3) is 0.111. The second-order valence-corrected chi connectivity index (χ2v) is 3.23. The van der Waals surface area contributed by atoms with Crippen molar-refractivity contribution in [3.63, 3.8) is 0 Å². The Labute approximate surface area is 85.7 Å². The third-order valence-electron chi connectivity index (χ3n) is 1.87. The molecule has 1 N–H and O–H groups in total. The van der Waals surface area contributed by atoms with Crippen LogP contribution in [0.5, 0.6) is 0 Å². The highest BCUT2D eigenvalue weighted by Gasteiger charge is 2.11. The number of hydrogen-bond donors (Lipinski definition) is 2. The Morgan fingerprint density at radius 3 is 3.00 bits per heavy atom. The highest BCUT2D eigenvalue weighted by Crippen LogP contribution is 2.19. The molecule has 72 valence electrons. The van der Waals surface area contributed by atoms with Crippen molar-refractivity contribution in [2.24, 2.45) is 0 Å². The molecular weight excluding hydrogens is 200 g/mol. The first-order valence-electron chi connectivity index (χ1n) is 3.98. The molecule has 0 fully saturated rings. The van der Waals surface area contributed by atoms with E-state index in [-0.39, 0.29) is 5.82 Å². The standard InChI is InChI=1S/C9H8N2O2S/c1-13-9(12)8-10-5-3-2-4-6(14)7(5)11-8/h2-4,14H,1H3,(H,10,11). The lowest BCUT2D eigenvalue weighted by Gasteiger charge is -1.90. The molecule has 0 aliphatic heterocycles. The fourth-order valence-electron chi connectivity index (χ4n) is 1.21. The van der Waals surface area contributed by atoms with E-state index in [1.807, 2.05) is 18.2 Å². The smallest absolute Gasteiger partial charge is 0.374 e. The molecule has 0 atom stereocenters. The van der Waals surface area contributed by atoms with Crippen molar-refractivity contribution >= 4 is 29.6 Å². The number of rotatable bonds is 1. The van der Waals surface area contributed by atoms with E-state index >= 15 is 0 Å². The number of H-pyrrole nitrogens is 1. The summed E-state index contributed by atoms with van der Waals surface area (Å²) in [6.45, 7) is 0. The third-order valence-corrected chi connectivity index (χ3v) is 2.23. The molecule has 2 rings (SSSR count). The van der Waals surface area contributed by atoms with E-state index in [2.05, 4.69) is 27.3 Å². The van der Waals surface area contributed by atoms with Crippen molar-refractivity contribution in [1.82, 2.24) is 9.97 Å². The Morgan fingerprint density at radius 1 is 1.57 bits per heavy atom. The van der Waals surface area contributed by atoms with Crippen LogP contribution < -0.4 is 0 Å². The largest absolute Gasteiger partial charge is 0.463 e. The number of para-hydroxylation sites is 1. The average molecular weight is 208 g/mol. The highest BCUT2D eigenvalue weighted by molar-refractivity contribution is 7.80. The Hall–Kier alpha value is -1.49. The molecule has 14 heavy (non-hydrogen) atoms. The van der Waals surface area contributed by atoms with Crippen molar-refractivity contribution in [3.05, 3.63) is 24.0 Å². The first kappa shape index (κ1) is 9.08. The molecular formula is C9H8N2O2S. The topological polar surface area (TPSA) is 55.0 Å².